The van der Waals surface area contributed by atoms with Gasteiger partial charge in [0, 0.05) is 6.61 Å². The Hall–Kier alpha value is 0.310. The summed E-state index contributed by atoms with van der Waals surface area (Å²) in [6.07, 6.45) is 3.55. The molecule has 0 aromatic carbocycles. The summed E-state index contributed by atoms with van der Waals surface area (Å²) in [5.74, 6) is 1.24. The van der Waals surface area contributed by atoms with Crippen LogP contribution in [0.2, 0.25) is 0 Å². The van der Waals surface area contributed by atoms with Crippen LogP contribution in [-0.2, 0) is 0 Å². The summed E-state index contributed by atoms with van der Waals surface area (Å²) >= 11 is 4.11. The zero-order valence-electron chi connectivity index (χ0n) is 6.01. The van der Waals surface area contributed by atoms with E-state index in [4.69, 9.17) is 5.11 Å². The van der Waals surface area contributed by atoms with Crippen molar-refractivity contribution in [1.82, 2.24) is 0 Å². The summed E-state index contributed by atoms with van der Waals surface area (Å²) < 4.78 is 0. The van der Waals surface area contributed by atoms with Gasteiger partial charge in [0.15, 0.2) is 0 Å². The SMILES string of the molecule is CCCCC(CO)CS. The molecule has 0 rings (SSSR count). The van der Waals surface area contributed by atoms with E-state index < -0.39 is 0 Å². The predicted octanol–water partition coefficient (Wildman–Crippen LogP) is 1.71. The van der Waals surface area contributed by atoms with Crippen molar-refractivity contribution in [2.24, 2.45) is 5.92 Å². The third-order valence-electron chi connectivity index (χ3n) is 1.48. The average molecular weight is 148 g/mol. The number of hydrogen-bond acceptors (Lipinski definition) is 2. The third kappa shape index (κ3) is 4.79. The second-order valence-corrected chi connectivity index (χ2v) is 2.74. The molecule has 0 aliphatic rings. The zero-order valence-corrected chi connectivity index (χ0v) is 6.90. The molecule has 1 nitrogen and oxygen atoms in total. The maximum atomic E-state index is 8.70. The first-order chi connectivity index (χ1) is 4.35. The molecule has 0 fully saturated rings. The van der Waals surface area contributed by atoms with E-state index in [0.29, 0.717) is 12.5 Å². The van der Waals surface area contributed by atoms with Crippen molar-refractivity contribution in [3.05, 3.63) is 0 Å². The Labute approximate surface area is 62.9 Å². The van der Waals surface area contributed by atoms with Crippen LogP contribution in [-0.4, -0.2) is 17.5 Å². The summed E-state index contributed by atoms with van der Waals surface area (Å²) in [6, 6.07) is 0. The summed E-state index contributed by atoms with van der Waals surface area (Å²) in [4.78, 5) is 0. The van der Waals surface area contributed by atoms with Crippen molar-refractivity contribution >= 4 is 12.6 Å². The highest BCUT2D eigenvalue weighted by Crippen LogP contribution is 2.08. The van der Waals surface area contributed by atoms with Crippen LogP contribution in [0.25, 0.3) is 0 Å². The summed E-state index contributed by atoms with van der Waals surface area (Å²) in [5.41, 5.74) is 0. The smallest absolute Gasteiger partial charge is 0.0467 e. The molecule has 56 valence electrons. The van der Waals surface area contributed by atoms with Crippen molar-refractivity contribution in [3.63, 3.8) is 0 Å². The van der Waals surface area contributed by atoms with Gasteiger partial charge in [0.2, 0.25) is 0 Å². The van der Waals surface area contributed by atoms with Gasteiger partial charge in [-0.3, -0.25) is 0 Å². The van der Waals surface area contributed by atoms with Gasteiger partial charge < -0.3 is 5.11 Å². The molecule has 1 unspecified atom stereocenters. The molecule has 0 spiro atoms. The van der Waals surface area contributed by atoms with Gasteiger partial charge in [0.25, 0.3) is 0 Å². The van der Waals surface area contributed by atoms with Crippen molar-refractivity contribution in [2.45, 2.75) is 26.2 Å². The number of unbranched alkanes of at least 4 members (excludes halogenated alkanes) is 1. The van der Waals surface area contributed by atoms with Crippen LogP contribution in [0, 0.1) is 5.92 Å². The van der Waals surface area contributed by atoms with Crippen LogP contribution in [0.5, 0.6) is 0 Å². The van der Waals surface area contributed by atoms with Crippen LogP contribution < -0.4 is 0 Å². The molecule has 2 heteroatoms. The van der Waals surface area contributed by atoms with E-state index in [1.807, 2.05) is 0 Å². The van der Waals surface area contributed by atoms with Crippen molar-refractivity contribution in [3.8, 4) is 0 Å². The molecular formula is C7H16OS. The Morgan fingerprint density at radius 3 is 2.56 bits per heavy atom. The highest BCUT2D eigenvalue weighted by Gasteiger charge is 2.02. The van der Waals surface area contributed by atoms with Gasteiger partial charge in [0.05, 0.1) is 0 Å². The van der Waals surface area contributed by atoms with Crippen LogP contribution in [0.3, 0.4) is 0 Å². The topological polar surface area (TPSA) is 20.2 Å². The number of hydrogen-bond donors (Lipinski definition) is 2. The van der Waals surface area contributed by atoms with Crippen LogP contribution in [0.1, 0.15) is 26.2 Å². The maximum absolute atomic E-state index is 8.70. The Morgan fingerprint density at radius 1 is 1.56 bits per heavy atom. The fourth-order valence-corrected chi connectivity index (χ4v) is 1.03. The van der Waals surface area contributed by atoms with Gasteiger partial charge in [-0.1, -0.05) is 19.8 Å². The van der Waals surface area contributed by atoms with E-state index in [9.17, 15) is 0 Å². The Balaban J connectivity index is 3.09. The highest BCUT2D eigenvalue weighted by atomic mass is 32.1. The van der Waals surface area contributed by atoms with E-state index in [0.717, 1.165) is 12.2 Å². The second kappa shape index (κ2) is 6.43. The number of aliphatic hydroxyl groups is 1. The molecule has 0 aromatic rings. The van der Waals surface area contributed by atoms with E-state index in [-0.39, 0.29) is 0 Å². The normalized spacial score (nSPS) is 13.7. The van der Waals surface area contributed by atoms with Gasteiger partial charge in [-0.15, -0.1) is 0 Å². The van der Waals surface area contributed by atoms with Gasteiger partial charge in [-0.05, 0) is 18.1 Å². The minimum atomic E-state index is 0.295. The molecule has 9 heavy (non-hydrogen) atoms. The van der Waals surface area contributed by atoms with Gasteiger partial charge in [0.1, 0.15) is 0 Å². The molecule has 0 bridgehead atoms. The molecule has 0 saturated carbocycles. The molecule has 1 atom stereocenters. The lowest BCUT2D eigenvalue weighted by Gasteiger charge is -2.08. The number of rotatable bonds is 5. The van der Waals surface area contributed by atoms with Gasteiger partial charge in [-0.2, -0.15) is 12.6 Å². The lowest BCUT2D eigenvalue weighted by Crippen LogP contribution is -2.06. The maximum Gasteiger partial charge on any atom is 0.0467 e. The zero-order chi connectivity index (χ0) is 7.11. The van der Waals surface area contributed by atoms with Crippen molar-refractivity contribution in [1.29, 1.82) is 0 Å². The molecule has 0 heterocycles. The Bertz CT molecular complexity index is 52.9. The van der Waals surface area contributed by atoms with E-state index in [2.05, 4.69) is 19.6 Å². The first-order valence-electron chi connectivity index (χ1n) is 3.56. The molecule has 0 amide bonds. The van der Waals surface area contributed by atoms with Crippen LogP contribution in [0.4, 0.5) is 0 Å². The summed E-state index contributed by atoms with van der Waals surface area (Å²) in [7, 11) is 0. The Kier molecular flexibility index (Phi) is 6.65. The van der Waals surface area contributed by atoms with Crippen LogP contribution >= 0.6 is 12.6 Å². The van der Waals surface area contributed by atoms with E-state index in [1.54, 1.807) is 0 Å². The second-order valence-electron chi connectivity index (χ2n) is 2.37. The van der Waals surface area contributed by atoms with E-state index >= 15 is 0 Å². The minimum absolute atomic E-state index is 0.295. The quantitative estimate of drug-likeness (QED) is 0.569. The lowest BCUT2D eigenvalue weighted by atomic mass is 10.1. The monoisotopic (exact) mass is 148 g/mol. The number of thiol groups is 1. The average Bonchev–Trinajstić information content (AvgIpc) is 1.91. The fourth-order valence-electron chi connectivity index (χ4n) is 0.733. The first kappa shape index (κ1) is 9.31. The number of aliphatic hydroxyl groups excluding tert-OH is 1. The van der Waals surface area contributed by atoms with E-state index in [1.165, 1.54) is 12.8 Å². The predicted molar refractivity (Wildman–Crippen MR) is 44.0 cm³/mol. The van der Waals surface area contributed by atoms with Gasteiger partial charge in [-0.25, -0.2) is 0 Å². The minimum Gasteiger partial charge on any atom is -0.396 e. The van der Waals surface area contributed by atoms with Gasteiger partial charge >= 0.3 is 0 Å². The largest absolute Gasteiger partial charge is 0.396 e. The molecular weight excluding hydrogens is 132 g/mol. The molecule has 0 saturated heterocycles. The van der Waals surface area contributed by atoms with Crippen molar-refractivity contribution < 1.29 is 5.11 Å². The first-order valence-corrected chi connectivity index (χ1v) is 4.20. The lowest BCUT2D eigenvalue weighted by molar-refractivity contribution is 0.231. The molecule has 0 aliphatic heterocycles. The fraction of sp³-hybridized carbons (Fsp3) is 1.00. The highest BCUT2D eigenvalue weighted by molar-refractivity contribution is 7.80. The molecule has 0 aliphatic carbocycles. The van der Waals surface area contributed by atoms with Crippen LogP contribution in [0.15, 0.2) is 0 Å². The summed E-state index contributed by atoms with van der Waals surface area (Å²) in [5, 5.41) is 8.70. The summed E-state index contributed by atoms with van der Waals surface area (Å²) in [6.45, 7) is 2.45. The molecule has 0 aromatic heterocycles. The molecule has 1 N–H and O–H groups in total. The van der Waals surface area contributed by atoms with Crippen molar-refractivity contribution in [2.75, 3.05) is 12.4 Å². The standard InChI is InChI=1S/C7H16OS/c1-2-3-4-7(5-8)6-9/h7-9H,2-6H2,1H3. The molecule has 0 radical (unpaired) electrons. The Morgan fingerprint density at radius 2 is 2.22 bits per heavy atom. The third-order valence-corrected chi connectivity index (χ3v) is 2.00.